The Morgan fingerprint density at radius 1 is 1.00 bits per heavy atom. The number of aromatic nitrogens is 2. The van der Waals surface area contributed by atoms with Crippen molar-refractivity contribution in [3.05, 3.63) is 89.0 Å². The minimum absolute atomic E-state index is 0.133. The number of nitrogens with one attached hydrogen (secondary N) is 1. The molecule has 0 bridgehead atoms. The monoisotopic (exact) mass is 409 g/mol. The molecule has 2 aromatic heterocycles. The van der Waals surface area contributed by atoms with Gasteiger partial charge in [-0.15, -0.1) is 0 Å². The van der Waals surface area contributed by atoms with E-state index in [9.17, 15) is 18.0 Å². The van der Waals surface area contributed by atoms with E-state index in [1.807, 2.05) is 25.3 Å². The van der Waals surface area contributed by atoms with E-state index in [1.54, 1.807) is 23.5 Å². The van der Waals surface area contributed by atoms with Crippen molar-refractivity contribution in [2.75, 3.05) is 5.32 Å². The molecule has 0 spiro atoms. The summed E-state index contributed by atoms with van der Waals surface area (Å²) in [5.41, 5.74) is 3.56. The first kappa shape index (κ1) is 19.7. The number of benzene rings is 2. The average molecular weight is 409 g/mol. The fourth-order valence-electron chi connectivity index (χ4n) is 3.33. The van der Waals surface area contributed by atoms with Crippen LogP contribution in [0.1, 0.15) is 16.8 Å². The van der Waals surface area contributed by atoms with Crippen LogP contribution in [0.25, 0.3) is 16.9 Å². The topological polar surface area (TPSA) is 46.4 Å². The van der Waals surface area contributed by atoms with Crippen molar-refractivity contribution in [3.63, 3.8) is 0 Å². The number of carbonyl (C=O) groups excluding carboxylic acids is 1. The summed E-state index contributed by atoms with van der Waals surface area (Å²) in [5, 5.41) is 2.41. The lowest BCUT2D eigenvalue weighted by Gasteiger charge is -2.09. The number of fused-ring (bicyclic) bond motifs is 1. The minimum Gasteiger partial charge on any atom is -0.323 e. The first-order chi connectivity index (χ1) is 14.3. The Morgan fingerprint density at radius 3 is 2.53 bits per heavy atom. The number of nitrogens with zero attached hydrogens (tertiary/aromatic N) is 2. The molecule has 1 N–H and O–H groups in total. The number of halogens is 3. The van der Waals surface area contributed by atoms with E-state index in [-0.39, 0.29) is 17.9 Å². The van der Waals surface area contributed by atoms with Crippen LogP contribution in [-0.4, -0.2) is 15.3 Å². The Labute approximate surface area is 171 Å². The van der Waals surface area contributed by atoms with Gasteiger partial charge in [0.2, 0.25) is 5.91 Å². The van der Waals surface area contributed by atoms with Gasteiger partial charge in [-0.25, -0.2) is 18.2 Å². The lowest BCUT2D eigenvalue weighted by molar-refractivity contribution is -0.115. The molecule has 0 atom stereocenters. The van der Waals surface area contributed by atoms with Crippen molar-refractivity contribution < 1.29 is 18.0 Å². The maximum atomic E-state index is 13.9. The van der Waals surface area contributed by atoms with Crippen molar-refractivity contribution in [1.29, 1.82) is 0 Å². The summed E-state index contributed by atoms with van der Waals surface area (Å²) in [5.74, 6) is -2.24. The molecule has 30 heavy (non-hydrogen) atoms. The highest BCUT2D eigenvalue weighted by Crippen LogP contribution is 2.27. The average Bonchev–Trinajstić information content (AvgIpc) is 3.04. The van der Waals surface area contributed by atoms with Gasteiger partial charge in [-0.3, -0.25) is 4.79 Å². The third-order valence-electron chi connectivity index (χ3n) is 4.83. The number of rotatable bonds is 4. The number of carbonyl (C=O) groups is 1. The summed E-state index contributed by atoms with van der Waals surface area (Å²) in [6.07, 6.45) is 1.71. The minimum atomic E-state index is -0.729. The predicted octanol–water partition coefficient (Wildman–Crippen LogP) is 5.22. The van der Waals surface area contributed by atoms with Gasteiger partial charge in [0, 0.05) is 17.8 Å². The van der Waals surface area contributed by atoms with Crippen LogP contribution in [0.5, 0.6) is 0 Å². The van der Waals surface area contributed by atoms with Crippen LogP contribution in [0.2, 0.25) is 0 Å². The van der Waals surface area contributed by atoms with E-state index in [1.165, 1.54) is 6.07 Å². The Bertz CT molecular complexity index is 1280. The van der Waals surface area contributed by atoms with Gasteiger partial charge in [0.1, 0.15) is 23.1 Å². The van der Waals surface area contributed by atoms with E-state index in [4.69, 9.17) is 0 Å². The maximum absolute atomic E-state index is 13.9. The molecular weight excluding hydrogens is 391 g/mol. The fourth-order valence-corrected chi connectivity index (χ4v) is 3.33. The quantitative estimate of drug-likeness (QED) is 0.503. The Balaban J connectivity index is 1.76. The molecule has 152 valence electrons. The molecule has 0 aliphatic rings. The summed E-state index contributed by atoms with van der Waals surface area (Å²) < 4.78 is 42.8. The third kappa shape index (κ3) is 3.78. The molecule has 4 rings (SSSR count). The standard InChI is InChI=1S/C23H18F3N3O/c1-13-3-8-21-28-23(15-4-6-17(25)14(2)9-15)20(29(21)12-13)11-22(30)27-19-10-16(24)5-7-18(19)26/h3-10,12H,11H2,1-2H3,(H,27,30). The molecule has 1 amide bonds. The maximum Gasteiger partial charge on any atom is 0.230 e. The summed E-state index contributed by atoms with van der Waals surface area (Å²) in [6, 6.07) is 11.2. The molecule has 4 nitrogen and oxygen atoms in total. The van der Waals surface area contributed by atoms with Crippen molar-refractivity contribution >= 4 is 17.2 Å². The lowest BCUT2D eigenvalue weighted by Crippen LogP contribution is -2.17. The molecule has 2 aromatic carbocycles. The number of imidazole rings is 1. The molecule has 0 aliphatic heterocycles. The van der Waals surface area contributed by atoms with Crippen molar-refractivity contribution in [2.24, 2.45) is 0 Å². The highest BCUT2D eigenvalue weighted by molar-refractivity contribution is 5.93. The van der Waals surface area contributed by atoms with Crippen LogP contribution in [-0.2, 0) is 11.2 Å². The number of hydrogen-bond donors (Lipinski definition) is 1. The zero-order valence-corrected chi connectivity index (χ0v) is 16.3. The second-order valence-corrected chi connectivity index (χ2v) is 7.15. The summed E-state index contributed by atoms with van der Waals surface area (Å²) in [7, 11) is 0. The van der Waals surface area contributed by atoms with Gasteiger partial charge in [-0.05, 0) is 61.4 Å². The van der Waals surface area contributed by atoms with Gasteiger partial charge in [-0.2, -0.15) is 0 Å². The largest absolute Gasteiger partial charge is 0.323 e. The van der Waals surface area contributed by atoms with E-state index >= 15 is 0 Å². The van der Waals surface area contributed by atoms with Gasteiger partial charge >= 0.3 is 0 Å². The second kappa shape index (κ2) is 7.67. The second-order valence-electron chi connectivity index (χ2n) is 7.15. The molecule has 0 saturated heterocycles. The molecule has 0 aliphatic carbocycles. The molecule has 0 saturated carbocycles. The van der Waals surface area contributed by atoms with Gasteiger partial charge in [0.05, 0.1) is 23.5 Å². The first-order valence-corrected chi connectivity index (χ1v) is 9.31. The van der Waals surface area contributed by atoms with Crippen LogP contribution in [0.15, 0.2) is 54.7 Å². The molecule has 0 fully saturated rings. The SMILES string of the molecule is Cc1ccc2nc(-c3ccc(F)c(C)c3)c(CC(=O)Nc3cc(F)ccc3F)n2c1. The summed E-state index contributed by atoms with van der Waals surface area (Å²) in [6.45, 7) is 3.56. The van der Waals surface area contributed by atoms with Crippen molar-refractivity contribution in [2.45, 2.75) is 20.3 Å². The Kier molecular flexibility index (Phi) is 5.03. The highest BCUT2D eigenvalue weighted by Gasteiger charge is 2.19. The summed E-state index contributed by atoms with van der Waals surface area (Å²) in [4.78, 5) is 17.3. The van der Waals surface area contributed by atoms with Gasteiger partial charge in [0.15, 0.2) is 0 Å². The van der Waals surface area contributed by atoms with Gasteiger partial charge < -0.3 is 9.72 Å². The molecule has 0 radical (unpaired) electrons. The van der Waals surface area contributed by atoms with E-state index < -0.39 is 17.5 Å². The predicted molar refractivity (Wildman–Crippen MR) is 109 cm³/mol. The van der Waals surface area contributed by atoms with Gasteiger partial charge in [-0.1, -0.05) is 6.07 Å². The van der Waals surface area contributed by atoms with Crippen LogP contribution >= 0.6 is 0 Å². The number of anilines is 1. The first-order valence-electron chi connectivity index (χ1n) is 9.31. The number of hydrogen-bond acceptors (Lipinski definition) is 2. The molecular formula is C23H18F3N3O. The van der Waals surface area contributed by atoms with Crippen molar-refractivity contribution in [3.8, 4) is 11.3 Å². The van der Waals surface area contributed by atoms with Crippen LogP contribution in [0, 0.1) is 31.3 Å². The zero-order valence-electron chi connectivity index (χ0n) is 16.3. The van der Waals surface area contributed by atoms with Crippen LogP contribution in [0.4, 0.5) is 18.9 Å². The van der Waals surface area contributed by atoms with Crippen LogP contribution in [0.3, 0.4) is 0 Å². The Morgan fingerprint density at radius 2 is 1.77 bits per heavy atom. The zero-order chi connectivity index (χ0) is 21.4. The number of aryl methyl sites for hydroxylation is 2. The molecule has 7 heteroatoms. The fraction of sp³-hybridized carbons (Fsp3) is 0.130. The normalized spacial score (nSPS) is 11.1. The van der Waals surface area contributed by atoms with Gasteiger partial charge in [0.25, 0.3) is 0 Å². The Hall–Kier alpha value is -3.61. The smallest absolute Gasteiger partial charge is 0.230 e. The van der Waals surface area contributed by atoms with E-state index in [2.05, 4.69) is 10.3 Å². The number of amides is 1. The van der Waals surface area contributed by atoms with Crippen molar-refractivity contribution in [1.82, 2.24) is 9.38 Å². The summed E-state index contributed by atoms with van der Waals surface area (Å²) >= 11 is 0. The van der Waals surface area contributed by atoms with Crippen LogP contribution < -0.4 is 5.32 Å². The third-order valence-corrected chi connectivity index (χ3v) is 4.83. The molecule has 0 unspecified atom stereocenters. The highest BCUT2D eigenvalue weighted by atomic mass is 19.1. The molecule has 4 aromatic rings. The van der Waals surface area contributed by atoms with E-state index in [0.29, 0.717) is 28.2 Å². The lowest BCUT2D eigenvalue weighted by atomic mass is 10.1. The molecule has 2 heterocycles. The number of pyridine rings is 1. The van der Waals surface area contributed by atoms with E-state index in [0.717, 1.165) is 23.8 Å².